The third-order valence-electron chi connectivity index (χ3n) is 1.34. The lowest BCUT2D eigenvalue weighted by atomic mass is 10.3. The van der Waals surface area contributed by atoms with E-state index in [9.17, 15) is 0 Å². The molecule has 0 spiro atoms. The zero-order chi connectivity index (χ0) is 10.2. The van der Waals surface area contributed by atoms with E-state index in [2.05, 4.69) is 59.1 Å². The summed E-state index contributed by atoms with van der Waals surface area (Å²) < 4.78 is 0.194. The summed E-state index contributed by atoms with van der Waals surface area (Å²) >= 11 is 4.12. The van der Waals surface area contributed by atoms with E-state index < -0.39 is 0 Å². The standard InChI is InChI=1S/C6H15N.C4H10S/c1-4-7(5-2)6-3;1-4(2,3)5/h4-6H2,1-3H3;5H,1-3H3. The van der Waals surface area contributed by atoms with E-state index >= 15 is 0 Å². The van der Waals surface area contributed by atoms with Crippen molar-refractivity contribution in [1.82, 2.24) is 4.90 Å². The van der Waals surface area contributed by atoms with Crippen molar-refractivity contribution >= 4 is 12.6 Å². The Kier molecular flexibility index (Phi) is 9.79. The minimum Gasteiger partial charge on any atom is -0.304 e. The van der Waals surface area contributed by atoms with Gasteiger partial charge in [0.25, 0.3) is 0 Å². The molecule has 0 radical (unpaired) electrons. The van der Waals surface area contributed by atoms with E-state index in [0.29, 0.717) is 0 Å². The molecule has 0 aromatic rings. The molecule has 12 heavy (non-hydrogen) atoms. The average molecular weight is 191 g/mol. The first-order valence-electron chi connectivity index (χ1n) is 4.79. The van der Waals surface area contributed by atoms with Crippen LogP contribution in [0.25, 0.3) is 0 Å². The van der Waals surface area contributed by atoms with Crippen LogP contribution < -0.4 is 0 Å². The second kappa shape index (κ2) is 7.93. The molecule has 0 heterocycles. The van der Waals surface area contributed by atoms with Crippen LogP contribution in [0.15, 0.2) is 0 Å². The topological polar surface area (TPSA) is 3.24 Å². The molecule has 0 fully saturated rings. The molecule has 0 aromatic heterocycles. The fraction of sp³-hybridized carbons (Fsp3) is 1.00. The van der Waals surface area contributed by atoms with Crippen molar-refractivity contribution in [3.8, 4) is 0 Å². The van der Waals surface area contributed by atoms with Gasteiger partial charge in [-0.05, 0) is 19.6 Å². The summed E-state index contributed by atoms with van der Waals surface area (Å²) in [6.45, 7) is 16.3. The Bertz CT molecular complexity index is 70.8. The monoisotopic (exact) mass is 191 g/mol. The number of nitrogens with zero attached hydrogens (tertiary/aromatic N) is 1. The highest BCUT2D eigenvalue weighted by Crippen LogP contribution is 2.07. The van der Waals surface area contributed by atoms with E-state index in [1.54, 1.807) is 0 Å². The average Bonchev–Trinajstić information content (AvgIpc) is 1.88. The summed E-state index contributed by atoms with van der Waals surface area (Å²) in [5.74, 6) is 0. The predicted octanol–water partition coefficient (Wildman–Crippen LogP) is 3.06. The Balaban J connectivity index is 0. The molecular formula is C10H25NS. The van der Waals surface area contributed by atoms with Gasteiger partial charge in [0.2, 0.25) is 0 Å². The normalized spacial score (nSPS) is 11.0. The second-order valence-electron chi connectivity index (χ2n) is 3.79. The minimum absolute atomic E-state index is 0.194. The molecule has 0 amide bonds. The van der Waals surface area contributed by atoms with Gasteiger partial charge >= 0.3 is 0 Å². The van der Waals surface area contributed by atoms with Gasteiger partial charge < -0.3 is 4.90 Å². The van der Waals surface area contributed by atoms with Crippen LogP contribution in [-0.4, -0.2) is 29.3 Å². The van der Waals surface area contributed by atoms with Gasteiger partial charge in [-0.2, -0.15) is 12.6 Å². The second-order valence-corrected chi connectivity index (χ2v) is 5.13. The van der Waals surface area contributed by atoms with Crippen LogP contribution >= 0.6 is 12.6 Å². The lowest BCUT2D eigenvalue weighted by Crippen LogP contribution is -2.21. The molecular weight excluding hydrogens is 166 g/mol. The van der Waals surface area contributed by atoms with Gasteiger partial charge in [0, 0.05) is 4.75 Å². The Morgan fingerprint density at radius 1 is 0.917 bits per heavy atom. The van der Waals surface area contributed by atoms with Gasteiger partial charge in [0.1, 0.15) is 0 Å². The van der Waals surface area contributed by atoms with Crippen molar-refractivity contribution in [2.45, 2.75) is 46.3 Å². The smallest absolute Gasteiger partial charge is 0.00449 e. The first-order valence-corrected chi connectivity index (χ1v) is 5.24. The van der Waals surface area contributed by atoms with Crippen molar-refractivity contribution < 1.29 is 0 Å². The summed E-state index contributed by atoms with van der Waals surface area (Å²) in [7, 11) is 0. The molecule has 2 heteroatoms. The Morgan fingerprint density at radius 3 is 1.08 bits per heavy atom. The van der Waals surface area contributed by atoms with Gasteiger partial charge in [0.05, 0.1) is 0 Å². The van der Waals surface area contributed by atoms with Crippen LogP contribution in [0.4, 0.5) is 0 Å². The van der Waals surface area contributed by atoms with Crippen LogP contribution in [0.3, 0.4) is 0 Å². The van der Waals surface area contributed by atoms with E-state index in [0.717, 1.165) is 0 Å². The molecule has 76 valence electrons. The molecule has 0 unspecified atom stereocenters. The van der Waals surface area contributed by atoms with E-state index in [4.69, 9.17) is 0 Å². The maximum absolute atomic E-state index is 4.12. The van der Waals surface area contributed by atoms with Gasteiger partial charge in [-0.3, -0.25) is 0 Å². The number of rotatable bonds is 3. The Labute approximate surface area is 83.9 Å². The third kappa shape index (κ3) is 22.4. The molecule has 0 aliphatic rings. The van der Waals surface area contributed by atoms with Crippen molar-refractivity contribution in [3.05, 3.63) is 0 Å². The molecule has 0 N–H and O–H groups in total. The third-order valence-corrected chi connectivity index (χ3v) is 1.34. The predicted molar refractivity (Wildman–Crippen MR) is 62.2 cm³/mol. The molecule has 0 atom stereocenters. The summed E-state index contributed by atoms with van der Waals surface area (Å²) in [6, 6.07) is 0. The molecule has 0 aliphatic carbocycles. The zero-order valence-corrected chi connectivity index (χ0v) is 10.4. The van der Waals surface area contributed by atoms with Crippen LogP contribution in [-0.2, 0) is 0 Å². The fourth-order valence-electron chi connectivity index (χ4n) is 0.671. The van der Waals surface area contributed by atoms with Crippen molar-refractivity contribution in [1.29, 1.82) is 0 Å². The van der Waals surface area contributed by atoms with Gasteiger partial charge in [-0.15, -0.1) is 0 Å². The lowest BCUT2D eigenvalue weighted by molar-refractivity contribution is 0.321. The summed E-state index contributed by atoms with van der Waals surface area (Å²) in [5.41, 5.74) is 0. The Hall–Kier alpha value is 0.310. The highest BCUT2D eigenvalue weighted by molar-refractivity contribution is 7.81. The summed E-state index contributed by atoms with van der Waals surface area (Å²) in [5, 5.41) is 0. The molecule has 0 aliphatic heterocycles. The molecule has 0 bridgehead atoms. The molecule has 0 aromatic carbocycles. The number of thiol groups is 1. The highest BCUT2D eigenvalue weighted by atomic mass is 32.1. The first kappa shape index (κ1) is 14.8. The molecule has 0 rings (SSSR count). The van der Waals surface area contributed by atoms with Gasteiger partial charge in [-0.25, -0.2) is 0 Å². The summed E-state index contributed by atoms with van der Waals surface area (Å²) in [4.78, 5) is 2.38. The van der Waals surface area contributed by atoms with E-state index in [1.165, 1.54) is 19.6 Å². The molecule has 1 nitrogen and oxygen atoms in total. The number of hydrogen-bond donors (Lipinski definition) is 1. The van der Waals surface area contributed by atoms with Crippen LogP contribution in [0.2, 0.25) is 0 Å². The van der Waals surface area contributed by atoms with Crippen LogP contribution in [0, 0.1) is 0 Å². The maximum Gasteiger partial charge on any atom is 0.00449 e. The van der Waals surface area contributed by atoms with Gasteiger partial charge in [0.15, 0.2) is 0 Å². The SMILES string of the molecule is CC(C)(C)S.CCN(CC)CC. The Morgan fingerprint density at radius 2 is 1.08 bits per heavy atom. The summed E-state index contributed by atoms with van der Waals surface area (Å²) in [6.07, 6.45) is 0. The number of hydrogen-bond acceptors (Lipinski definition) is 2. The highest BCUT2D eigenvalue weighted by Gasteiger charge is 1.96. The van der Waals surface area contributed by atoms with E-state index in [-0.39, 0.29) is 4.75 Å². The quantitative estimate of drug-likeness (QED) is 0.671. The first-order chi connectivity index (χ1) is 5.35. The van der Waals surface area contributed by atoms with Crippen molar-refractivity contribution in [2.75, 3.05) is 19.6 Å². The zero-order valence-electron chi connectivity index (χ0n) is 9.52. The minimum atomic E-state index is 0.194. The van der Waals surface area contributed by atoms with Crippen LogP contribution in [0.1, 0.15) is 41.5 Å². The van der Waals surface area contributed by atoms with Crippen molar-refractivity contribution in [3.63, 3.8) is 0 Å². The van der Waals surface area contributed by atoms with Gasteiger partial charge in [-0.1, -0.05) is 41.5 Å². The maximum atomic E-state index is 4.12. The van der Waals surface area contributed by atoms with Crippen LogP contribution in [0.5, 0.6) is 0 Å². The molecule has 0 saturated heterocycles. The fourth-order valence-corrected chi connectivity index (χ4v) is 0.671. The lowest BCUT2D eigenvalue weighted by Gasteiger charge is -2.13. The molecule has 0 saturated carbocycles. The van der Waals surface area contributed by atoms with E-state index in [1.807, 2.05) is 0 Å². The largest absolute Gasteiger partial charge is 0.304 e. The van der Waals surface area contributed by atoms with Crippen molar-refractivity contribution in [2.24, 2.45) is 0 Å².